The third-order valence-corrected chi connectivity index (χ3v) is 5.03. The minimum Gasteiger partial charge on any atom is -0.494 e. The predicted octanol–water partition coefficient (Wildman–Crippen LogP) is 2.27. The first kappa shape index (κ1) is 20.7. The summed E-state index contributed by atoms with van der Waals surface area (Å²) < 4.78 is 17.3. The van der Waals surface area contributed by atoms with Crippen molar-refractivity contribution in [3.8, 4) is 11.5 Å². The molecule has 0 aliphatic carbocycles. The van der Waals surface area contributed by atoms with Gasteiger partial charge in [-0.3, -0.25) is 0 Å². The lowest BCUT2D eigenvalue weighted by Crippen LogP contribution is -2.59. The van der Waals surface area contributed by atoms with E-state index in [2.05, 4.69) is 29.5 Å². The van der Waals surface area contributed by atoms with Gasteiger partial charge in [-0.05, 0) is 30.7 Å². The molecule has 1 aromatic carbocycles. The number of hydrogen-bond donors (Lipinski definition) is 3. The van der Waals surface area contributed by atoms with Gasteiger partial charge in [0.25, 0.3) is 0 Å². The summed E-state index contributed by atoms with van der Waals surface area (Å²) in [4.78, 5) is 0. The van der Waals surface area contributed by atoms with Gasteiger partial charge in [0, 0.05) is 4.43 Å². The summed E-state index contributed by atoms with van der Waals surface area (Å²) in [7, 11) is 0. The molecule has 5 atom stereocenters. The van der Waals surface area contributed by atoms with Crippen LogP contribution in [0.2, 0.25) is 0 Å². The molecule has 7 heteroatoms. The van der Waals surface area contributed by atoms with E-state index in [9.17, 15) is 15.3 Å². The van der Waals surface area contributed by atoms with Crippen LogP contribution in [0.3, 0.4) is 0 Å². The zero-order chi connectivity index (χ0) is 18.2. The van der Waals surface area contributed by atoms with E-state index in [0.29, 0.717) is 16.8 Å². The molecular weight excluding hydrogens is 439 g/mol. The third kappa shape index (κ3) is 5.96. The Labute approximate surface area is 162 Å². The molecular formula is C18H27IO6. The quantitative estimate of drug-likeness (QED) is 0.294. The van der Waals surface area contributed by atoms with Crippen LogP contribution >= 0.6 is 22.6 Å². The van der Waals surface area contributed by atoms with Gasteiger partial charge in [0.1, 0.15) is 29.8 Å². The van der Waals surface area contributed by atoms with E-state index >= 15 is 0 Å². The van der Waals surface area contributed by atoms with Crippen molar-refractivity contribution < 1.29 is 29.5 Å². The number of aliphatic hydroxyl groups is 3. The van der Waals surface area contributed by atoms with E-state index in [1.807, 2.05) is 0 Å². The van der Waals surface area contributed by atoms with Crippen LogP contribution in [0.1, 0.15) is 32.6 Å². The topological polar surface area (TPSA) is 88.4 Å². The van der Waals surface area contributed by atoms with Gasteiger partial charge in [-0.1, -0.05) is 48.8 Å². The van der Waals surface area contributed by atoms with Crippen LogP contribution in [0.25, 0.3) is 0 Å². The molecule has 0 bridgehead atoms. The molecule has 1 saturated heterocycles. The van der Waals surface area contributed by atoms with Crippen molar-refractivity contribution >= 4 is 22.6 Å². The largest absolute Gasteiger partial charge is 0.494 e. The molecule has 0 amide bonds. The highest BCUT2D eigenvalue weighted by Crippen LogP contribution is 2.26. The third-order valence-electron chi connectivity index (χ3n) is 4.16. The SMILES string of the molecule is CCCCCCOc1ccc(O[C@@H]2O[C@H](CI)[C@H](O)[C@H](O)[C@@H]2O)cc1. The van der Waals surface area contributed by atoms with Gasteiger partial charge >= 0.3 is 0 Å². The Morgan fingerprint density at radius 3 is 2.28 bits per heavy atom. The molecule has 1 aromatic rings. The first-order valence-corrected chi connectivity index (χ1v) is 10.2. The minimum absolute atomic E-state index is 0.480. The highest BCUT2D eigenvalue weighted by molar-refractivity contribution is 14.1. The zero-order valence-corrected chi connectivity index (χ0v) is 16.5. The van der Waals surface area contributed by atoms with E-state index in [0.717, 1.165) is 12.2 Å². The number of aliphatic hydroxyl groups excluding tert-OH is 3. The maximum absolute atomic E-state index is 10.0. The Bertz CT molecular complexity index is 495. The second-order valence-electron chi connectivity index (χ2n) is 6.17. The average Bonchev–Trinajstić information content (AvgIpc) is 2.63. The maximum atomic E-state index is 10.0. The van der Waals surface area contributed by atoms with Crippen molar-refractivity contribution in [3.63, 3.8) is 0 Å². The van der Waals surface area contributed by atoms with E-state index < -0.39 is 30.7 Å². The number of hydrogen-bond acceptors (Lipinski definition) is 6. The molecule has 142 valence electrons. The fraction of sp³-hybridized carbons (Fsp3) is 0.667. The number of alkyl halides is 1. The highest BCUT2D eigenvalue weighted by atomic mass is 127. The normalized spacial score (nSPS) is 29.4. The molecule has 3 N–H and O–H groups in total. The van der Waals surface area contributed by atoms with Crippen molar-refractivity contribution in [2.75, 3.05) is 11.0 Å². The van der Waals surface area contributed by atoms with Crippen molar-refractivity contribution in [2.24, 2.45) is 0 Å². The fourth-order valence-corrected chi connectivity index (χ4v) is 3.34. The molecule has 0 aromatic heterocycles. The standard InChI is InChI=1S/C18H27IO6/c1-2-3-4-5-10-23-12-6-8-13(9-7-12)24-18-17(22)16(21)15(20)14(11-19)25-18/h6-9,14-18,20-22H,2-5,10-11H2,1H3/t14-,15+,16+,17+,18-/m1/s1. The lowest BCUT2D eigenvalue weighted by Gasteiger charge is -2.39. The minimum atomic E-state index is -1.32. The second-order valence-corrected chi connectivity index (χ2v) is 7.05. The number of rotatable bonds is 9. The Hall–Kier alpha value is -0.610. The summed E-state index contributed by atoms with van der Waals surface area (Å²) in [5.74, 6) is 1.26. The molecule has 25 heavy (non-hydrogen) atoms. The first-order valence-electron chi connectivity index (χ1n) is 8.72. The molecule has 1 aliphatic rings. The molecule has 0 saturated carbocycles. The first-order chi connectivity index (χ1) is 12.1. The summed E-state index contributed by atoms with van der Waals surface area (Å²) in [6.07, 6.45) is -0.742. The summed E-state index contributed by atoms with van der Waals surface area (Å²) in [5.41, 5.74) is 0. The van der Waals surface area contributed by atoms with Gasteiger partial charge < -0.3 is 29.5 Å². The van der Waals surface area contributed by atoms with Crippen LogP contribution < -0.4 is 9.47 Å². The van der Waals surface area contributed by atoms with Crippen LogP contribution in [0, 0.1) is 0 Å². The summed E-state index contributed by atoms with van der Waals surface area (Å²) in [6.45, 7) is 2.86. The van der Waals surface area contributed by atoms with Crippen LogP contribution in [-0.2, 0) is 4.74 Å². The van der Waals surface area contributed by atoms with Crippen molar-refractivity contribution in [2.45, 2.75) is 63.3 Å². The molecule has 2 rings (SSSR count). The molecule has 1 fully saturated rings. The number of ether oxygens (including phenoxy) is 3. The van der Waals surface area contributed by atoms with E-state index in [-0.39, 0.29) is 0 Å². The van der Waals surface area contributed by atoms with Crippen molar-refractivity contribution in [1.29, 1.82) is 0 Å². The van der Waals surface area contributed by atoms with Crippen molar-refractivity contribution in [1.82, 2.24) is 0 Å². The summed E-state index contributed by atoms with van der Waals surface area (Å²) in [5, 5.41) is 29.8. The Morgan fingerprint density at radius 1 is 0.960 bits per heavy atom. The van der Waals surface area contributed by atoms with Crippen LogP contribution in [-0.4, -0.2) is 57.1 Å². The van der Waals surface area contributed by atoms with Crippen LogP contribution in [0.5, 0.6) is 11.5 Å². The van der Waals surface area contributed by atoms with E-state index in [1.54, 1.807) is 24.3 Å². The molecule has 1 aliphatic heterocycles. The molecule has 0 spiro atoms. The van der Waals surface area contributed by atoms with Gasteiger partial charge in [0.2, 0.25) is 6.29 Å². The van der Waals surface area contributed by atoms with E-state index in [4.69, 9.17) is 14.2 Å². The predicted molar refractivity (Wildman–Crippen MR) is 102 cm³/mol. The molecule has 1 heterocycles. The lowest BCUT2D eigenvalue weighted by molar-refractivity contribution is -0.266. The monoisotopic (exact) mass is 466 g/mol. The Kier molecular flexibility index (Phi) is 8.71. The van der Waals surface area contributed by atoms with Gasteiger partial charge in [-0.2, -0.15) is 0 Å². The highest BCUT2D eigenvalue weighted by Gasteiger charge is 2.44. The smallest absolute Gasteiger partial charge is 0.229 e. The number of benzene rings is 1. The molecule has 6 nitrogen and oxygen atoms in total. The number of halogens is 1. The van der Waals surface area contributed by atoms with E-state index in [1.165, 1.54) is 19.3 Å². The lowest BCUT2D eigenvalue weighted by atomic mass is 10.00. The van der Waals surface area contributed by atoms with Gasteiger partial charge in [-0.15, -0.1) is 0 Å². The van der Waals surface area contributed by atoms with Gasteiger partial charge in [-0.25, -0.2) is 0 Å². The van der Waals surface area contributed by atoms with Crippen LogP contribution in [0.4, 0.5) is 0 Å². The second kappa shape index (κ2) is 10.5. The van der Waals surface area contributed by atoms with Crippen molar-refractivity contribution in [3.05, 3.63) is 24.3 Å². The summed E-state index contributed by atoms with van der Waals surface area (Å²) >= 11 is 2.06. The Balaban J connectivity index is 1.85. The van der Waals surface area contributed by atoms with Gasteiger partial charge in [0.05, 0.1) is 12.7 Å². The van der Waals surface area contributed by atoms with Gasteiger partial charge in [0.15, 0.2) is 0 Å². The number of unbranched alkanes of at least 4 members (excludes halogenated alkanes) is 3. The fourth-order valence-electron chi connectivity index (χ4n) is 2.61. The van der Waals surface area contributed by atoms with Crippen LogP contribution in [0.15, 0.2) is 24.3 Å². The maximum Gasteiger partial charge on any atom is 0.229 e. The average molecular weight is 466 g/mol. The summed E-state index contributed by atoms with van der Waals surface area (Å²) in [6, 6.07) is 7.05. The Morgan fingerprint density at radius 2 is 1.64 bits per heavy atom. The zero-order valence-electron chi connectivity index (χ0n) is 14.4. The molecule has 0 unspecified atom stereocenters. The molecule has 0 radical (unpaired) electrons.